The number of amides is 2. The molecule has 2 N–H and O–H groups in total. The fourth-order valence-corrected chi connectivity index (χ4v) is 2.35. The van der Waals surface area contributed by atoms with E-state index < -0.39 is 6.03 Å². The lowest BCUT2D eigenvalue weighted by atomic mass is 10.2. The second-order valence-corrected chi connectivity index (χ2v) is 5.29. The number of hydrogen-bond donors (Lipinski definition) is 2. The number of hydrogen-bond acceptors (Lipinski definition) is 5. The summed E-state index contributed by atoms with van der Waals surface area (Å²) in [6.07, 6.45) is 9.06. The number of hydroxylamine groups is 1. The first-order valence-electron chi connectivity index (χ1n) is 7.51. The van der Waals surface area contributed by atoms with Gasteiger partial charge in [0, 0.05) is 25.2 Å². The molecular weight excluding hydrogens is 298 g/mol. The maximum atomic E-state index is 11.7. The molecule has 1 aliphatic rings. The summed E-state index contributed by atoms with van der Waals surface area (Å²) in [5.41, 5.74) is 3.80. The van der Waals surface area contributed by atoms with Crippen LogP contribution in [0.2, 0.25) is 0 Å². The summed E-state index contributed by atoms with van der Waals surface area (Å²) < 4.78 is 7.32. The summed E-state index contributed by atoms with van der Waals surface area (Å²) in [6, 6.07) is 3.22. The molecule has 0 radical (unpaired) electrons. The first kappa shape index (κ1) is 15.4. The third-order valence-corrected chi connectivity index (χ3v) is 3.43. The van der Waals surface area contributed by atoms with E-state index in [-0.39, 0.29) is 12.7 Å². The minimum absolute atomic E-state index is 0.208. The van der Waals surface area contributed by atoms with Crippen LogP contribution in [0, 0.1) is 0 Å². The predicted octanol–water partition coefficient (Wildman–Crippen LogP) is 1.71. The number of nitrogens with one attached hydrogen (secondary N) is 2. The van der Waals surface area contributed by atoms with Crippen LogP contribution < -0.4 is 10.8 Å². The van der Waals surface area contributed by atoms with Gasteiger partial charge in [0.15, 0.2) is 0 Å². The minimum atomic E-state index is -0.453. The van der Waals surface area contributed by atoms with Crippen LogP contribution in [0.25, 0.3) is 0 Å². The van der Waals surface area contributed by atoms with Crippen molar-refractivity contribution in [3.63, 3.8) is 0 Å². The highest BCUT2D eigenvalue weighted by Gasteiger charge is 2.16. The molecule has 8 nitrogen and oxygen atoms in total. The van der Waals surface area contributed by atoms with Crippen LogP contribution in [-0.2, 0) is 22.7 Å². The molecule has 1 fully saturated rings. The number of pyridine rings is 1. The summed E-state index contributed by atoms with van der Waals surface area (Å²) >= 11 is 0. The third-order valence-electron chi connectivity index (χ3n) is 3.43. The smallest absolute Gasteiger partial charge is 0.343 e. The zero-order valence-electron chi connectivity index (χ0n) is 12.6. The van der Waals surface area contributed by atoms with Gasteiger partial charge < -0.3 is 10.1 Å². The Bertz CT molecular complexity index is 625. The second kappa shape index (κ2) is 7.70. The maximum absolute atomic E-state index is 11.7. The van der Waals surface area contributed by atoms with Crippen LogP contribution in [-0.4, -0.2) is 33.5 Å². The molecule has 8 heteroatoms. The van der Waals surface area contributed by atoms with Crippen LogP contribution in [0.1, 0.15) is 18.4 Å². The summed E-state index contributed by atoms with van der Waals surface area (Å²) in [5.74, 6) is 0. The quantitative estimate of drug-likeness (QED) is 0.792. The summed E-state index contributed by atoms with van der Waals surface area (Å²) in [5, 5.41) is 6.86. The Hall–Kier alpha value is -2.45. The van der Waals surface area contributed by atoms with Crippen molar-refractivity contribution in [2.24, 2.45) is 0 Å². The molecule has 2 aromatic rings. The topological polar surface area (TPSA) is 90.3 Å². The van der Waals surface area contributed by atoms with Crippen LogP contribution >= 0.6 is 0 Å². The van der Waals surface area contributed by atoms with Gasteiger partial charge in [-0.1, -0.05) is 6.07 Å². The van der Waals surface area contributed by atoms with Crippen molar-refractivity contribution >= 4 is 11.7 Å². The Labute approximate surface area is 133 Å². The van der Waals surface area contributed by atoms with Gasteiger partial charge in [-0.25, -0.2) is 10.3 Å². The van der Waals surface area contributed by atoms with Gasteiger partial charge in [-0.15, -0.1) is 0 Å². The average molecular weight is 317 g/mol. The van der Waals surface area contributed by atoms with Crippen molar-refractivity contribution in [1.29, 1.82) is 0 Å². The van der Waals surface area contributed by atoms with Crippen molar-refractivity contribution in [3.8, 4) is 0 Å². The molecule has 3 rings (SSSR count). The number of rotatable bonds is 6. The fourth-order valence-electron chi connectivity index (χ4n) is 2.35. The highest BCUT2D eigenvalue weighted by atomic mass is 16.7. The van der Waals surface area contributed by atoms with Gasteiger partial charge in [-0.2, -0.15) is 5.10 Å². The molecule has 1 saturated heterocycles. The lowest BCUT2D eigenvalue weighted by Crippen LogP contribution is -2.28. The number of urea groups is 1. The summed E-state index contributed by atoms with van der Waals surface area (Å²) in [6.45, 7) is 1.76. The summed E-state index contributed by atoms with van der Waals surface area (Å²) in [4.78, 5) is 20.8. The van der Waals surface area contributed by atoms with E-state index in [0.717, 1.165) is 25.0 Å². The zero-order valence-corrected chi connectivity index (χ0v) is 12.6. The molecule has 0 aromatic carbocycles. The van der Waals surface area contributed by atoms with Gasteiger partial charge in [0.1, 0.15) is 6.61 Å². The van der Waals surface area contributed by atoms with E-state index in [2.05, 4.69) is 20.9 Å². The minimum Gasteiger partial charge on any atom is -0.376 e. The van der Waals surface area contributed by atoms with Gasteiger partial charge in [0.2, 0.25) is 0 Å². The van der Waals surface area contributed by atoms with Crippen LogP contribution in [0.15, 0.2) is 36.9 Å². The average Bonchev–Trinajstić information content (AvgIpc) is 3.21. The van der Waals surface area contributed by atoms with Crippen molar-refractivity contribution in [3.05, 3.63) is 42.5 Å². The van der Waals surface area contributed by atoms with Crippen molar-refractivity contribution in [2.75, 3.05) is 11.9 Å². The lowest BCUT2D eigenvalue weighted by Gasteiger charge is -2.08. The van der Waals surface area contributed by atoms with E-state index >= 15 is 0 Å². The Morgan fingerprint density at radius 3 is 3.22 bits per heavy atom. The molecule has 0 spiro atoms. The van der Waals surface area contributed by atoms with Crippen LogP contribution in [0.3, 0.4) is 0 Å². The van der Waals surface area contributed by atoms with Crippen molar-refractivity contribution < 1.29 is 14.4 Å². The number of carbonyl (C=O) groups excluding carboxylic acids is 1. The van der Waals surface area contributed by atoms with Crippen LogP contribution in [0.5, 0.6) is 0 Å². The zero-order chi connectivity index (χ0) is 15.9. The van der Waals surface area contributed by atoms with E-state index in [1.54, 1.807) is 35.5 Å². The monoisotopic (exact) mass is 317 g/mol. The number of nitrogens with zero attached hydrogens (tertiary/aromatic N) is 3. The number of aromatic nitrogens is 3. The first-order valence-corrected chi connectivity index (χ1v) is 7.51. The van der Waals surface area contributed by atoms with Gasteiger partial charge in [-0.3, -0.25) is 14.5 Å². The molecule has 0 saturated carbocycles. The largest absolute Gasteiger partial charge is 0.376 e. The lowest BCUT2D eigenvalue weighted by molar-refractivity contribution is 0.0534. The van der Waals surface area contributed by atoms with Gasteiger partial charge in [0.25, 0.3) is 0 Å². The molecule has 1 aliphatic heterocycles. The van der Waals surface area contributed by atoms with Crippen molar-refractivity contribution in [1.82, 2.24) is 20.2 Å². The molecule has 2 aromatic heterocycles. The Morgan fingerprint density at radius 2 is 2.43 bits per heavy atom. The SMILES string of the molecule is O=C(NOCc1cccnc1)Nc1cnn(CC2CCCO2)c1. The van der Waals surface area contributed by atoms with E-state index in [1.165, 1.54) is 0 Å². The Morgan fingerprint density at radius 1 is 1.48 bits per heavy atom. The molecular formula is C15H19N5O3. The van der Waals surface area contributed by atoms with E-state index in [9.17, 15) is 4.79 Å². The Balaban J connectivity index is 1.40. The molecule has 23 heavy (non-hydrogen) atoms. The normalized spacial score (nSPS) is 17.1. The molecule has 0 aliphatic carbocycles. The molecule has 2 amide bonds. The number of ether oxygens (including phenoxy) is 1. The first-order chi connectivity index (χ1) is 11.3. The molecule has 1 unspecified atom stereocenters. The molecule has 3 heterocycles. The van der Waals surface area contributed by atoms with Gasteiger partial charge in [-0.05, 0) is 24.5 Å². The number of anilines is 1. The standard InChI is InChI=1S/C15H19N5O3/c21-15(19-23-11-12-3-1-5-16-7-12)18-13-8-17-20(9-13)10-14-4-2-6-22-14/h1,3,5,7-9,14H,2,4,6,10-11H2,(H2,18,19,21). The van der Waals surface area contributed by atoms with E-state index in [4.69, 9.17) is 9.57 Å². The predicted molar refractivity (Wildman–Crippen MR) is 82.4 cm³/mol. The Kier molecular flexibility index (Phi) is 5.17. The maximum Gasteiger partial charge on any atom is 0.343 e. The van der Waals surface area contributed by atoms with E-state index in [1.807, 2.05) is 6.07 Å². The molecule has 122 valence electrons. The van der Waals surface area contributed by atoms with Gasteiger partial charge >= 0.3 is 6.03 Å². The molecule has 0 bridgehead atoms. The number of carbonyl (C=O) groups is 1. The summed E-state index contributed by atoms with van der Waals surface area (Å²) in [7, 11) is 0. The highest BCUT2D eigenvalue weighted by molar-refractivity contribution is 5.88. The van der Waals surface area contributed by atoms with Gasteiger partial charge in [0.05, 0.1) is 24.5 Å². The fraction of sp³-hybridized carbons (Fsp3) is 0.400. The molecule has 1 atom stereocenters. The van der Waals surface area contributed by atoms with Crippen molar-refractivity contribution in [2.45, 2.75) is 32.1 Å². The van der Waals surface area contributed by atoms with E-state index in [0.29, 0.717) is 12.2 Å². The van der Waals surface area contributed by atoms with Crippen LogP contribution in [0.4, 0.5) is 10.5 Å². The second-order valence-electron chi connectivity index (χ2n) is 5.29. The highest BCUT2D eigenvalue weighted by Crippen LogP contribution is 2.14. The third kappa shape index (κ3) is 4.76.